The number of pyridine rings is 1. The van der Waals surface area contributed by atoms with Crippen molar-refractivity contribution in [3.8, 4) is 5.75 Å². The lowest BCUT2D eigenvalue weighted by Crippen LogP contribution is -2.20. The van der Waals surface area contributed by atoms with E-state index in [9.17, 15) is 9.90 Å². The first-order valence-corrected chi connectivity index (χ1v) is 5.84. The fourth-order valence-corrected chi connectivity index (χ4v) is 1.63. The summed E-state index contributed by atoms with van der Waals surface area (Å²) in [5.74, 6) is 0.205. The number of nitrogens with zero attached hydrogens (tertiary/aromatic N) is 1. The Labute approximate surface area is 111 Å². The second kappa shape index (κ2) is 5.39. The zero-order valence-electron chi connectivity index (χ0n) is 10.8. The molecule has 5 heteroatoms. The quantitative estimate of drug-likeness (QED) is 0.724. The molecular weight excluding hydrogens is 242 g/mol. The maximum atomic E-state index is 11.8. The zero-order chi connectivity index (χ0) is 13.8. The summed E-state index contributed by atoms with van der Waals surface area (Å²) in [5, 5.41) is 14.9. The van der Waals surface area contributed by atoms with Crippen LogP contribution in [0.1, 0.15) is 11.1 Å². The first-order valence-electron chi connectivity index (χ1n) is 5.84. The van der Waals surface area contributed by atoms with E-state index in [1.165, 1.54) is 0 Å². The van der Waals surface area contributed by atoms with Crippen LogP contribution in [0.15, 0.2) is 36.7 Å². The fourth-order valence-electron chi connectivity index (χ4n) is 1.63. The van der Waals surface area contributed by atoms with E-state index in [0.29, 0.717) is 16.9 Å². The Morgan fingerprint density at radius 2 is 1.95 bits per heavy atom. The maximum Gasteiger partial charge on any atom is 0.323 e. The highest BCUT2D eigenvalue weighted by Crippen LogP contribution is 2.20. The van der Waals surface area contributed by atoms with Gasteiger partial charge in [0.15, 0.2) is 0 Å². The number of urea groups is 1. The molecule has 19 heavy (non-hydrogen) atoms. The van der Waals surface area contributed by atoms with Crippen LogP contribution in [0.4, 0.5) is 16.2 Å². The first kappa shape index (κ1) is 12.9. The Bertz CT molecular complexity index is 611. The lowest BCUT2D eigenvalue weighted by Gasteiger charge is -2.10. The van der Waals surface area contributed by atoms with E-state index in [1.807, 2.05) is 6.92 Å². The van der Waals surface area contributed by atoms with Crippen LogP contribution in [0.2, 0.25) is 0 Å². The Balaban J connectivity index is 2.05. The van der Waals surface area contributed by atoms with E-state index in [-0.39, 0.29) is 11.8 Å². The van der Waals surface area contributed by atoms with E-state index in [0.717, 1.165) is 5.56 Å². The molecule has 0 saturated carbocycles. The van der Waals surface area contributed by atoms with E-state index in [4.69, 9.17) is 0 Å². The Morgan fingerprint density at radius 1 is 1.16 bits per heavy atom. The van der Waals surface area contributed by atoms with Crippen molar-refractivity contribution in [3.63, 3.8) is 0 Å². The Hall–Kier alpha value is -2.56. The van der Waals surface area contributed by atoms with Gasteiger partial charge in [0.05, 0.1) is 0 Å². The lowest BCUT2D eigenvalue weighted by atomic mass is 10.2. The number of carbonyl (C=O) groups is 1. The van der Waals surface area contributed by atoms with Crippen LogP contribution in [0, 0.1) is 13.8 Å². The van der Waals surface area contributed by atoms with Crippen molar-refractivity contribution in [2.75, 3.05) is 10.6 Å². The second-order valence-corrected chi connectivity index (χ2v) is 4.27. The number of benzene rings is 1. The van der Waals surface area contributed by atoms with E-state index in [1.54, 1.807) is 43.6 Å². The third kappa shape index (κ3) is 3.22. The van der Waals surface area contributed by atoms with Gasteiger partial charge < -0.3 is 15.7 Å². The number of hydrogen-bond acceptors (Lipinski definition) is 3. The topological polar surface area (TPSA) is 74.2 Å². The third-order valence-corrected chi connectivity index (χ3v) is 2.72. The standard InChI is InChI=1S/C14H15N3O2/c1-9-7-11(3-4-13(9)18)16-14(19)17-12-5-6-15-8-10(12)2/h3-8,18H,1-2H3,(H2,15,16,17,19). The van der Waals surface area contributed by atoms with Crippen molar-refractivity contribution in [1.82, 2.24) is 4.98 Å². The van der Waals surface area contributed by atoms with Gasteiger partial charge in [-0.3, -0.25) is 4.98 Å². The molecule has 98 valence electrons. The molecule has 0 aliphatic heterocycles. The minimum atomic E-state index is -0.334. The van der Waals surface area contributed by atoms with Crippen molar-refractivity contribution < 1.29 is 9.90 Å². The normalized spacial score (nSPS) is 10.0. The van der Waals surface area contributed by atoms with Crippen molar-refractivity contribution in [3.05, 3.63) is 47.8 Å². The van der Waals surface area contributed by atoms with Gasteiger partial charge in [0.1, 0.15) is 5.75 Å². The largest absolute Gasteiger partial charge is 0.508 e. The SMILES string of the molecule is Cc1cc(NC(=O)Nc2ccncc2C)ccc1O. The number of phenolic OH excluding ortho intramolecular Hbond substituents is 1. The molecule has 0 aliphatic rings. The number of hydrogen-bond donors (Lipinski definition) is 3. The van der Waals surface area contributed by atoms with Gasteiger partial charge in [0.25, 0.3) is 0 Å². The number of aromatic nitrogens is 1. The second-order valence-electron chi connectivity index (χ2n) is 4.27. The molecule has 0 spiro atoms. The van der Waals surface area contributed by atoms with Crippen LogP contribution in [0.3, 0.4) is 0 Å². The monoisotopic (exact) mass is 257 g/mol. The van der Waals surface area contributed by atoms with Crippen LogP contribution in [0.25, 0.3) is 0 Å². The van der Waals surface area contributed by atoms with Gasteiger partial charge in [0, 0.05) is 23.8 Å². The summed E-state index contributed by atoms with van der Waals surface area (Å²) < 4.78 is 0. The number of phenols is 1. The smallest absolute Gasteiger partial charge is 0.323 e. The summed E-state index contributed by atoms with van der Waals surface area (Å²) in [6.45, 7) is 3.64. The molecule has 2 aromatic rings. The molecule has 0 aliphatic carbocycles. The van der Waals surface area contributed by atoms with Gasteiger partial charge in [-0.15, -0.1) is 0 Å². The number of carbonyl (C=O) groups excluding carboxylic acids is 1. The molecule has 0 bridgehead atoms. The summed E-state index contributed by atoms with van der Waals surface area (Å²) in [6, 6.07) is 6.29. The van der Waals surface area contributed by atoms with Gasteiger partial charge in [-0.1, -0.05) is 0 Å². The molecule has 5 nitrogen and oxygen atoms in total. The number of anilines is 2. The molecule has 1 aromatic heterocycles. The summed E-state index contributed by atoms with van der Waals surface area (Å²) >= 11 is 0. The number of aromatic hydroxyl groups is 1. The first-order chi connectivity index (χ1) is 9.06. The zero-order valence-corrected chi connectivity index (χ0v) is 10.8. The summed E-state index contributed by atoms with van der Waals surface area (Å²) in [4.78, 5) is 15.8. The minimum Gasteiger partial charge on any atom is -0.508 e. The van der Waals surface area contributed by atoms with E-state index < -0.39 is 0 Å². The highest BCUT2D eigenvalue weighted by Gasteiger charge is 2.05. The Morgan fingerprint density at radius 3 is 2.63 bits per heavy atom. The average Bonchev–Trinajstić information content (AvgIpc) is 2.37. The van der Waals surface area contributed by atoms with Crippen LogP contribution in [-0.2, 0) is 0 Å². The predicted molar refractivity (Wildman–Crippen MR) is 74.5 cm³/mol. The highest BCUT2D eigenvalue weighted by atomic mass is 16.3. The van der Waals surface area contributed by atoms with E-state index >= 15 is 0 Å². The van der Waals surface area contributed by atoms with Gasteiger partial charge in [0.2, 0.25) is 0 Å². The van der Waals surface area contributed by atoms with Crippen molar-refractivity contribution in [1.29, 1.82) is 0 Å². The molecule has 0 unspecified atom stereocenters. The minimum absolute atomic E-state index is 0.205. The molecule has 1 aromatic carbocycles. The summed E-state index contributed by atoms with van der Waals surface area (Å²) in [6.07, 6.45) is 3.30. The number of amides is 2. The van der Waals surface area contributed by atoms with Crippen molar-refractivity contribution >= 4 is 17.4 Å². The third-order valence-electron chi connectivity index (χ3n) is 2.72. The molecule has 0 fully saturated rings. The molecule has 0 saturated heterocycles. The summed E-state index contributed by atoms with van der Waals surface area (Å²) in [5.41, 5.74) is 2.93. The van der Waals surface area contributed by atoms with Crippen molar-refractivity contribution in [2.45, 2.75) is 13.8 Å². The van der Waals surface area contributed by atoms with E-state index in [2.05, 4.69) is 15.6 Å². The fraction of sp³-hybridized carbons (Fsp3) is 0.143. The molecule has 1 heterocycles. The van der Waals surface area contributed by atoms with Crippen LogP contribution >= 0.6 is 0 Å². The molecular formula is C14H15N3O2. The van der Waals surface area contributed by atoms with Gasteiger partial charge in [-0.05, 0) is 49.2 Å². The number of rotatable bonds is 2. The number of nitrogens with one attached hydrogen (secondary N) is 2. The van der Waals surface area contributed by atoms with Gasteiger partial charge >= 0.3 is 6.03 Å². The van der Waals surface area contributed by atoms with Crippen LogP contribution in [-0.4, -0.2) is 16.1 Å². The molecule has 2 amide bonds. The molecule has 3 N–H and O–H groups in total. The van der Waals surface area contributed by atoms with Crippen LogP contribution < -0.4 is 10.6 Å². The highest BCUT2D eigenvalue weighted by molar-refractivity contribution is 6.00. The predicted octanol–water partition coefficient (Wildman–Crippen LogP) is 3.05. The number of aryl methyl sites for hydroxylation is 2. The Kier molecular flexibility index (Phi) is 3.66. The van der Waals surface area contributed by atoms with Crippen molar-refractivity contribution in [2.24, 2.45) is 0 Å². The molecule has 2 rings (SSSR count). The molecule has 0 radical (unpaired) electrons. The van der Waals surface area contributed by atoms with Crippen LogP contribution in [0.5, 0.6) is 5.75 Å². The lowest BCUT2D eigenvalue weighted by molar-refractivity contribution is 0.262. The van der Waals surface area contributed by atoms with Gasteiger partial charge in [-0.25, -0.2) is 4.79 Å². The summed E-state index contributed by atoms with van der Waals surface area (Å²) in [7, 11) is 0. The van der Waals surface area contributed by atoms with Gasteiger partial charge in [-0.2, -0.15) is 0 Å². The molecule has 0 atom stereocenters. The average molecular weight is 257 g/mol. The maximum absolute atomic E-state index is 11.8.